The molecule has 28 heavy (non-hydrogen) atoms. The highest BCUT2D eigenvalue weighted by Gasteiger charge is 2.16. The number of nitrogens with one attached hydrogen (secondary N) is 1. The first-order chi connectivity index (χ1) is 13.2. The number of hydrogen-bond acceptors (Lipinski definition) is 4. The van der Waals surface area contributed by atoms with E-state index in [1.807, 2.05) is 52.0 Å². The van der Waals surface area contributed by atoms with E-state index in [2.05, 4.69) is 5.32 Å². The van der Waals surface area contributed by atoms with Crippen LogP contribution in [0.1, 0.15) is 22.3 Å². The van der Waals surface area contributed by atoms with Crippen LogP contribution in [-0.2, 0) is 9.59 Å². The molecular formula is C22H28N2O4. The molecule has 0 aromatic heterocycles. The van der Waals surface area contributed by atoms with Gasteiger partial charge in [-0.2, -0.15) is 0 Å². The van der Waals surface area contributed by atoms with E-state index < -0.39 is 0 Å². The summed E-state index contributed by atoms with van der Waals surface area (Å²) in [5.74, 6) is 0.512. The molecule has 2 aromatic carbocycles. The fourth-order valence-corrected chi connectivity index (χ4v) is 3.00. The molecule has 0 radical (unpaired) electrons. The van der Waals surface area contributed by atoms with Gasteiger partial charge in [0.2, 0.25) is 5.91 Å². The lowest BCUT2D eigenvalue weighted by molar-refractivity contribution is -0.135. The van der Waals surface area contributed by atoms with E-state index in [0.717, 1.165) is 27.9 Å². The highest BCUT2D eigenvalue weighted by molar-refractivity contribution is 5.95. The van der Waals surface area contributed by atoms with Gasteiger partial charge >= 0.3 is 0 Å². The minimum absolute atomic E-state index is 0.0556. The molecule has 2 amide bonds. The molecule has 0 atom stereocenters. The summed E-state index contributed by atoms with van der Waals surface area (Å²) in [6.45, 7) is 7.63. The monoisotopic (exact) mass is 384 g/mol. The van der Waals surface area contributed by atoms with Gasteiger partial charge in [-0.15, -0.1) is 0 Å². The van der Waals surface area contributed by atoms with Gasteiger partial charge in [-0.3, -0.25) is 9.59 Å². The molecule has 1 N–H and O–H groups in total. The third kappa shape index (κ3) is 5.49. The van der Waals surface area contributed by atoms with E-state index in [-0.39, 0.29) is 25.0 Å². The Balaban J connectivity index is 1.93. The van der Waals surface area contributed by atoms with E-state index in [0.29, 0.717) is 11.5 Å². The zero-order valence-corrected chi connectivity index (χ0v) is 17.4. The molecule has 2 rings (SSSR count). The molecule has 0 heterocycles. The molecule has 0 fully saturated rings. The summed E-state index contributed by atoms with van der Waals surface area (Å²) in [4.78, 5) is 26.0. The fraction of sp³-hybridized carbons (Fsp3) is 0.364. The molecule has 0 bridgehead atoms. The van der Waals surface area contributed by atoms with Crippen LogP contribution in [0.2, 0.25) is 0 Å². The quantitative estimate of drug-likeness (QED) is 0.794. The number of carbonyl (C=O) groups is 2. The highest BCUT2D eigenvalue weighted by atomic mass is 16.5. The second-order valence-electron chi connectivity index (χ2n) is 7.01. The summed E-state index contributed by atoms with van der Waals surface area (Å²) in [5.41, 5.74) is 4.95. The lowest BCUT2D eigenvalue weighted by atomic mass is 10.1. The normalized spacial score (nSPS) is 10.4. The Kier molecular flexibility index (Phi) is 7.04. The summed E-state index contributed by atoms with van der Waals surface area (Å²) >= 11 is 0. The van der Waals surface area contributed by atoms with Crippen molar-refractivity contribution in [1.29, 1.82) is 0 Å². The average molecular weight is 384 g/mol. The van der Waals surface area contributed by atoms with Crippen LogP contribution in [0.5, 0.6) is 11.5 Å². The molecule has 0 unspecified atom stereocenters. The van der Waals surface area contributed by atoms with Gasteiger partial charge in [0.25, 0.3) is 5.91 Å². The van der Waals surface area contributed by atoms with Gasteiger partial charge in [-0.25, -0.2) is 0 Å². The van der Waals surface area contributed by atoms with E-state index in [4.69, 9.17) is 9.47 Å². The van der Waals surface area contributed by atoms with Crippen LogP contribution < -0.4 is 14.8 Å². The van der Waals surface area contributed by atoms with Crippen LogP contribution in [0, 0.1) is 27.7 Å². The van der Waals surface area contributed by atoms with E-state index in [1.54, 1.807) is 20.2 Å². The number of likely N-dealkylation sites (N-methyl/N-ethyl adjacent to an activating group) is 1. The average Bonchev–Trinajstić information content (AvgIpc) is 2.63. The lowest BCUT2D eigenvalue weighted by Crippen LogP contribution is -2.37. The number of amides is 2. The Morgan fingerprint density at radius 1 is 0.964 bits per heavy atom. The van der Waals surface area contributed by atoms with Crippen molar-refractivity contribution < 1.29 is 19.1 Å². The number of ether oxygens (including phenoxy) is 2. The van der Waals surface area contributed by atoms with Crippen molar-refractivity contribution in [2.24, 2.45) is 0 Å². The maximum Gasteiger partial charge on any atom is 0.260 e. The molecule has 6 nitrogen and oxygen atoms in total. The Morgan fingerprint density at radius 3 is 2.21 bits per heavy atom. The maximum absolute atomic E-state index is 12.4. The lowest BCUT2D eigenvalue weighted by Gasteiger charge is -2.19. The van der Waals surface area contributed by atoms with Crippen molar-refractivity contribution in [3.05, 3.63) is 52.6 Å². The molecule has 0 aliphatic carbocycles. The van der Waals surface area contributed by atoms with Crippen molar-refractivity contribution in [2.45, 2.75) is 27.7 Å². The van der Waals surface area contributed by atoms with Gasteiger partial charge in [0, 0.05) is 12.7 Å². The summed E-state index contributed by atoms with van der Waals surface area (Å²) in [6.07, 6.45) is 0. The Bertz CT molecular complexity index is 854. The number of rotatable bonds is 7. The van der Waals surface area contributed by atoms with Crippen LogP contribution in [0.4, 0.5) is 5.69 Å². The van der Waals surface area contributed by atoms with Crippen LogP contribution in [0.3, 0.4) is 0 Å². The Hall–Kier alpha value is -3.02. The summed E-state index contributed by atoms with van der Waals surface area (Å²) < 4.78 is 10.8. The second-order valence-corrected chi connectivity index (χ2v) is 7.01. The Labute approximate surface area is 166 Å². The predicted octanol–water partition coefficient (Wildman–Crippen LogP) is 3.40. The second kappa shape index (κ2) is 9.26. The summed E-state index contributed by atoms with van der Waals surface area (Å²) in [5, 5.41) is 2.90. The predicted molar refractivity (Wildman–Crippen MR) is 110 cm³/mol. The fourth-order valence-electron chi connectivity index (χ4n) is 3.00. The van der Waals surface area contributed by atoms with Crippen molar-refractivity contribution in [3.8, 4) is 11.5 Å². The van der Waals surface area contributed by atoms with Crippen molar-refractivity contribution in [2.75, 3.05) is 32.6 Å². The van der Waals surface area contributed by atoms with Gasteiger partial charge < -0.3 is 19.7 Å². The van der Waals surface area contributed by atoms with Gasteiger partial charge in [-0.1, -0.05) is 23.8 Å². The number of carbonyl (C=O) groups excluding carboxylic acids is 2. The largest absolute Gasteiger partial charge is 0.493 e. The third-order valence-corrected chi connectivity index (χ3v) is 4.42. The molecule has 0 spiro atoms. The standard InChI is InChI=1S/C22H28N2O4/c1-14-7-8-18(19(11-14)27-6)28-13-21(26)24(5)12-20(25)23-22-16(3)9-15(2)10-17(22)4/h7-11H,12-13H2,1-6H3,(H,23,25). The highest BCUT2D eigenvalue weighted by Crippen LogP contribution is 2.27. The molecule has 2 aromatic rings. The van der Waals surface area contributed by atoms with Crippen molar-refractivity contribution >= 4 is 17.5 Å². The topological polar surface area (TPSA) is 67.9 Å². The van der Waals surface area contributed by atoms with Gasteiger partial charge in [0.15, 0.2) is 18.1 Å². The summed E-state index contributed by atoms with van der Waals surface area (Å²) in [7, 11) is 3.13. The van der Waals surface area contributed by atoms with Gasteiger partial charge in [-0.05, 0) is 56.5 Å². The third-order valence-electron chi connectivity index (χ3n) is 4.42. The molecule has 0 aliphatic heterocycles. The first-order valence-electron chi connectivity index (χ1n) is 9.10. The number of methoxy groups -OCH3 is 1. The van der Waals surface area contributed by atoms with Crippen LogP contribution in [0.25, 0.3) is 0 Å². The number of aryl methyl sites for hydroxylation is 4. The van der Waals surface area contributed by atoms with Crippen LogP contribution in [0.15, 0.2) is 30.3 Å². The van der Waals surface area contributed by atoms with E-state index in [1.165, 1.54) is 4.90 Å². The number of hydrogen-bond donors (Lipinski definition) is 1. The maximum atomic E-state index is 12.4. The first-order valence-corrected chi connectivity index (χ1v) is 9.10. The number of anilines is 1. The van der Waals surface area contributed by atoms with Crippen LogP contribution in [-0.4, -0.2) is 44.0 Å². The van der Waals surface area contributed by atoms with Crippen LogP contribution >= 0.6 is 0 Å². The molecule has 0 saturated carbocycles. The zero-order valence-electron chi connectivity index (χ0n) is 17.4. The molecule has 150 valence electrons. The Morgan fingerprint density at radius 2 is 1.61 bits per heavy atom. The minimum Gasteiger partial charge on any atom is -0.493 e. The SMILES string of the molecule is COc1cc(C)ccc1OCC(=O)N(C)CC(=O)Nc1c(C)cc(C)cc1C. The number of benzene rings is 2. The zero-order chi connectivity index (χ0) is 20.8. The molecule has 0 aliphatic rings. The molecular weight excluding hydrogens is 356 g/mol. The van der Waals surface area contributed by atoms with Gasteiger partial charge in [0.1, 0.15) is 0 Å². The summed E-state index contributed by atoms with van der Waals surface area (Å²) in [6, 6.07) is 9.51. The first kappa shape index (κ1) is 21.3. The number of nitrogens with zero attached hydrogens (tertiary/aromatic N) is 1. The van der Waals surface area contributed by atoms with E-state index >= 15 is 0 Å². The van der Waals surface area contributed by atoms with Crippen molar-refractivity contribution in [1.82, 2.24) is 4.90 Å². The minimum atomic E-state index is -0.296. The molecule has 6 heteroatoms. The van der Waals surface area contributed by atoms with Gasteiger partial charge in [0.05, 0.1) is 13.7 Å². The smallest absolute Gasteiger partial charge is 0.260 e. The van der Waals surface area contributed by atoms with E-state index in [9.17, 15) is 9.59 Å². The molecule has 0 saturated heterocycles. The van der Waals surface area contributed by atoms with Crippen molar-refractivity contribution in [3.63, 3.8) is 0 Å².